The van der Waals surface area contributed by atoms with Crippen LogP contribution in [0.5, 0.6) is 0 Å². The summed E-state index contributed by atoms with van der Waals surface area (Å²) in [6.45, 7) is 2.10. The molecule has 1 fully saturated rings. The summed E-state index contributed by atoms with van der Waals surface area (Å²) in [6, 6.07) is 7.60. The number of nitrogens with zero attached hydrogens (tertiary/aromatic N) is 3. The fraction of sp³-hybridized carbons (Fsp3) is 0.500. The third kappa shape index (κ3) is 4.58. The second kappa shape index (κ2) is 9.39. The SMILES string of the molecule is COCCCn1c(S[C@H]2CCCCNC2=O)nnc1-c1ccccc1Cl. The van der Waals surface area contributed by atoms with Crippen LogP contribution in [0.2, 0.25) is 5.02 Å². The molecule has 0 bridgehead atoms. The maximum absolute atomic E-state index is 12.3. The quantitative estimate of drug-likeness (QED) is 0.729. The number of thioether (sulfide) groups is 1. The van der Waals surface area contributed by atoms with Crippen molar-refractivity contribution >= 4 is 29.3 Å². The number of aromatic nitrogens is 3. The van der Waals surface area contributed by atoms with Crippen molar-refractivity contribution in [3.05, 3.63) is 29.3 Å². The monoisotopic (exact) mass is 394 g/mol. The Morgan fingerprint density at radius 2 is 2.19 bits per heavy atom. The number of carbonyl (C=O) groups excluding carboxylic acids is 1. The Kier molecular flexibility index (Phi) is 6.93. The van der Waals surface area contributed by atoms with Crippen LogP contribution in [0.4, 0.5) is 0 Å². The summed E-state index contributed by atoms with van der Waals surface area (Å²) in [4.78, 5) is 12.3. The van der Waals surface area contributed by atoms with Crippen LogP contribution < -0.4 is 5.32 Å². The maximum atomic E-state index is 12.3. The molecule has 0 unspecified atom stereocenters. The van der Waals surface area contributed by atoms with Crippen molar-refractivity contribution in [2.24, 2.45) is 0 Å². The molecule has 3 rings (SSSR count). The maximum Gasteiger partial charge on any atom is 0.233 e. The molecule has 1 saturated heterocycles. The standard InChI is InChI=1S/C18H23ClN4O2S/c1-25-12-6-11-23-16(13-7-2-3-8-14(13)19)21-22-18(23)26-15-9-4-5-10-20-17(15)24/h2-3,7-8,15H,4-6,9-12H2,1H3,(H,20,24)/t15-/m0/s1. The molecule has 1 aromatic carbocycles. The number of rotatable bonds is 7. The normalized spacial score (nSPS) is 17.8. The summed E-state index contributed by atoms with van der Waals surface area (Å²) in [7, 11) is 1.69. The molecule has 1 aliphatic heterocycles. The number of halogens is 1. The summed E-state index contributed by atoms with van der Waals surface area (Å²) in [5.74, 6) is 0.807. The van der Waals surface area contributed by atoms with E-state index in [9.17, 15) is 4.79 Å². The Balaban J connectivity index is 1.89. The van der Waals surface area contributed by atoms with E-state index < -0.39 is 0 Å². The van der Waals surface area contributed by atoms with Gasteiger partial charge in [-0.05, 0) is 31.4 Å². The number of hydrogen-bond acceptors (Lipinski definition) is 5. The molecule has 0 spiro atoms. The third-order valence-corrected chi connectivity index (χ3v) is 5.87. The third-order valence-electron chi connectivity index (χ3n) is 4.29. The lowest BCUT2D eigenvalue weighted by molar-refractivity contribution is -0.120. The van der Waals surface area contributed by atoms with Crippen LogP contribution in [0, 0.1) is 0 Å². The van der Waals surface area contributed by atoms with E-state index in [2.05, 4.69) is 15.5 Å². The van der Waals surface area contributed by atoms with E-state index in [1.165, 1.54) is 11.8 Å². The van der Waals surface area contributed by atoms with Gasteiger partial charge in [0.15, 0.2) is 11.0 Å². The number of carbonyl (C=O) groups is 1. The van der Waals surface area contributed by atoms with Gasteiger partial charge in [-0.1, -0.05) is 41.9 Å². The van der Waals surface area contributed by atoms with E-state index in [1.807, 2.05) is 28.8 Å². The fourth-order valence-electron chi connectivity index (χ4n) is 2.94. The summed E-state index contributed by atoms with van der Waals surface area (Å²) < 4.78 is 7.23. The van der Waals surface area contributed by atoms with Gasteiger partial charge in [0.25, 0.3) is 0 Å². The highest BCUT2D eigenvalue weighted by Crippen LogP contribution is 2.32. The molecule has 26 heavy (non-hydrogen) atoms. The van der Waals surface area contributed by atoms with E-state index in [0.717, 1.165) is 48.8 Å². The molecule has 2 aromatic rings. The Labute approximate surface area is 162 Å². The molecule has 0 radical (unpaired) electrons. The average Bonchev–Trinajstić information content (AvgIpc) is 2.91. The molecular formula is C18H23ClN4O2S. The number of hydrogen-bond donors (Lipinski definition) is 1. The lowest BCUT2D eigenvalue weighted by Crippen LogP contribution is -2.30. The molecule has 140 valence electrons. The van der Waals surface area contributed by atoms with Crippen molar-refractivity contribution in [1.82, 2.24) is 20.1 Å². The van der Waals surface area contributed by atoms with Crippen LogP contribution in [0.15, 0.2) is 29.4 Å². The minimum absolute atomic E-state index is 0.0817. The fourth-order valence-corrected chi connectivity index (χ4v) is 4.28. The van der Waals surface area contributed by atoms with Gasteiger partial charge in [0, 0.05) is 32.4 Å². The first-order chi connectivity index (χ1) is 12.7. The molecule has 1 amide bonds. The van der Waals surface area contributed by atoms with Crippen molar-refractivity contribution in [2.45, 2.75) is 42.6 Å². The predicted octanol–water partition coefficient (Wildman–Crippen LogP) is 3.40. The lowest BCUT2D eigenvalue weighted by atomic mass is 10.2. The topological polar surface area (TPSA) is 69.0 Å². The van der Waals surface area contributed by atoms with Crippen LogP contribution in [0.3, 0.4) is 0 Å². The second-order valence-electron chi connectivity index (χ2n) is 6.18. The van der Waals surface area contributed by atoms with Gasteiger partial charge in [-0.15, -0.1) is 10.2 Å². The summed E-state index contributed by atoms with van der Waals surface area (Å²) in [6.07, 6.45) is 3.74. The summed E-state index contributed by atoms with van der Waals surface area (Å²) in [5, 5.41) is 13.0. The zero-order valence-corrected chi connectivity index (χ0v) is 16.4. The van der Waals surface area contributed by atoms with Crippen LogP contribution in [-0.2, 0) is 16.1 Å². The molecular weight excluding hydrogens is 372 g/mol. The van der Waals surface area contributed by atoms with Gasteiger partial charge in [0.2, 0.25) is 5.91 Å². The van der Waals surface area contributed by atoms with Crippen molar-refractivity contribution in [3.8, 4) is 11.4 Å². The van der Waals surface area contributed by atoms with Crippen LogP contribution in [0.1, 0.15) is 25.7 Å². The Morgan fingerprint density at radius 3 is 3.00 bits per heavy atom. The molecule has 0 saturated carbocycles. The van der Waals surface area contributed by atoms with E-state index in [1.54, 1.807) is 7.11 Å². The van der Waals surface area contributed by atoms with Crippen LogP contribution in [0.25, 0.3) is 11.4 Å². The van der Waals surface area contributed by atoms with E-state index in [4.69, 9.17) is 16.3 Å². The van der Waals surface area contributed by atoms with Crippen molar-refractivity contribution < 1.29 is 9.53 Å². The first kappa shape index (κ1) is 19.2. The highest BCUT2D eigenvalue weighted by atomic mass is 35.5. The van der Waals surface area contributed by atoms with Gasteiger partial charge in [0.1, 0.15) is 0 Å². The molecule has 1 atom stereocenters. The van der Waals surface area contributed by atoms with E-state index in [0.29, 0.717) is 18.2 Å². The Hall–Kier alpha value is -1.57. The predicted molar refractivity (Wildman–Crippen MR) is 103 cm³/mol. The number of nitrogens with one attached hydrogen (secondary N) is 1. The number of methoxy groups -OCH3 is 1. The summed E-state index contributed by atoms with van der Waals surface area (Å²) >= 11 is 7.85. The lowest BCUT2D eigenvalue weighted by Gasteiger charge is -2.14. The largest absolute Gasteiger partial charge is 0.385 e. The van der Waals surface area contributed by atoms with Gasteiger partial charge in [-0.25, -0.2) is 0 Å². The van der Waals surface area contributed by atoms with Crippen molar-refractivity contribution in [1.29, 1.82) is 0 Å². The van der Waals surface area contributed by atoms with Gasteiger partial charge in [-0.3, -0.25) is 4.79 Å². The number of benzene rings is 1. The molecule has 1 N–H and O–H groups in total. The number of ether oxygens (including phenoxy) is 1. The first-order valence-electron chi connectivity index (χ1n) is 8.82. The van der Waals surface area contributed by atoms with Crippen LogP contribution >= 0.6 is 23.4 Å². The van der Waals surface area contributed by atoms with E-state index in [-0.39, 0.29) is 11.2 Å². The zero-order chi connectivity index (χ0) is 18.4. The smallest absolute Gasteiger partial charge is 0.233 e. The zero-order valence-electron chi connectivity index (χ0n) is 14.8. The second-order valence-corrected chi connectivity index (χ2v) is 7.75. The highest BCUT2D eigenvalue weighted by molar-refractivity contribution is 8.00. The van der Waals surface area contributed by atoms with Crippen molar-refractivity contribution in [2.75, 3.05) is 20.3 Å². The van der Waals surface area contributed by atoms with Crippen molar-refractivity contribution in [3.63, 3.8) is 0 Å². The molecule has 2 heterocycles. The Bertz CT molecular complexity index is 753. The van der Waals surface area contributed by atoms with Crippen LogP contribution in [-0.4, -0.2) is 46.2 Å². The summed E-state index contributed by atoms with van der Waals surface area (Å²) in [5.41, 5.74) is 0.844. The minimum atomic E-state index is -0.137. The number of amides is 1. The van der Waals surface area contributed by atoms with Gasteiger partial charge >= 0.3 is 0 Å². The molecule has 8 heteroatoms. The minimum Gasteiger partial charge on any atom is -0.385 e. The van der Waals surface area contributed by atoms with Gasteiger partial charge < -0.3 is 14.6 Å². The Morgan fingerprint density at radius 1 is 1.35 bits per heavy atom. The molecule has 0 aliphatic carbocycles. The highest BCUT2D eigenvalue weighted by Gasteiger charge is 2.25. The molecule has 1 aliphatic rings. The molecule has 1 aromatic heterocycles. The average molecular weight is 395 g/mol. The van der Waals surface area contributed by atoms with Gasteiger partial charge in [-0.2, -0.15) is 0 Å². The van der Waals surface area contributed by atoms with Gasteiger partial charge in [0.05, 0.1) is 10.3 Å². The van der Waals surface area contributed by atoms with E-state index >= 15 is 0 Å². The molecule has 6 nitrogen and oxygen atoms in total. The first-order valence-corrected chi connectivity index (χ1v) is 10.1.